The molecular formula is C26H34N2O3. The molecule has 1 saturated carbocycles. The molecule has 1 aliphatic heterocycles. The fourth-order valence-electron chi connectivity index (χ4n) is 4.15. The molecule has 2 aliphatic rings. The zero-order valence-corrected chi connectivity index (χ0v) is 18.3. The minimum Gasteiger partial charge on any atom is -0.491 e. The van der Waals surface area contributed by atoms with Crippen molar-refractivity contribution in [2.45, 2.75) is 38.1 Å². The smallest absolute Gasteiger partial charge is 0.255 e. The second-order valence-corrected chi connectivity index (χ2v) is 8.66. The van der Waals surface area contributed by atoms with Crippen LogP contribution < -0.4 is 10.1 Å². The number of hydrogen-bond donors (Lipinski definition) is 1. The summed E-state index contributed by atoms with van der Waals surface area (Å²) in [6, 6.07) is 18.5. The number of rotatable bonds is 4. The van der Waals surface area contributed by atoms with E-state index in [1.165, 1.54) is 18.4 Å². The molecule has 1 N–H and O–H groups in total. The topological polar surface area (TPSA) is 50.8 Å². The van der Waals surface area contributed by atoms with Crippen molar-refractivity contribution in [1.29, 1.82) is 0 Å². The zero-order valence-electron chi connectivity index (χ0n) is 18.3. The fraction of sp³-hybridized carbons (Fsp3) is 0.500. The molecule has 0 unspecified atom stereocenters. The highest BCUT2D eigenvalue weighted by molar-refractivity contribution is 5.96. The summed E-state index contributed by atoms with van der Waals surface area (Å²) in [5.74, 6) is 1.36. The SMILES string of the molecule is O=C1NCCOCCCCN(CC2CC2)[C@@H](Cc2ccccc2)COc2ccccc21. The van der Waals surface area contributed by atoms with Gasteiger partial charge in [0.25, 0.3) is 5.91 Å². The Balaban J connectivity index is 1.55. The van der Waals surface area contributed by atoms with Crippen molar-refractivity contribution in [3.8, 4) is 5.75 Å². The van der Waals surface area contributed by atoms with E-state index in [2.05, 4.69) is 40.5 Å². The molecule has 5 nitrogen and oxygen atoms in total. The minimum atomic E-state index is -0.108. The molecule has 1 heterocycles. The predicted molar refractivity (Wildman–Crippen MR) is 123 cm³/mol. The Hall–Kier alpha value is -2.37. The van der Waals surface area contributed by atoms with E-state index in [9.17, 15) is 4.79 Å². The molecule has 1 atom stereocenters. The van der Waals surface area contributed by atoms with E-state index >= 15 is 0 Å². The number of nitrogens with zero attached hydrogens (tertiary/aromatic N) is 1. The normalized spacial score (nSPS) is 21.8. The van der Waals surface area contributed by atoms with E-state index in [1.54, 1.807) is 0 Å². The number of ether oxygens (including phenoxy) is 2. The molecule has 1 amide bonds. The molecule has 0 aromatic heterocycles. The van der Waals surface area contributed by atoms with E-state index in [4.69, 9.17) is 9.47 Å². The number of para-hydroxylation sites is 1. The number of fused-ring (bicyclic) bond motifs is 1. The van der Waals surface area contributed by atoms with Crippen molar-refractivity contribution in [2.24, 2.45) is 5.92 Å². The second-order valence-electron chi connectivity index (χ2n) is 8.66. The van der Waals surface area contributed by atoms with Crippen molar-refractivity contribution < 1.29 is 14.3 Å². The van der Waals surface area contributed by atoms with Gasteiger partial charge in [0.15, 0.2) is 0 Å². The van der Waals surface area contributed by atoms with Gasteiger partial charge in [0.1, 0.15) is 12.4 Å². The first kappa shape index (κ1) is 21.8. The summed E-state index contributed by atoms with van der Waals surface area (Å²) in [5.41, 5.74) is 1.91. The van der Waals surface area contributed by atoms with Crippen LogP contribution in [0.3, 0.4) is 0 Å². The van der Waals surface area contributed by atoms with Crippen LogP contribution in [0.2, 0.25) is 0 Å². The predicted octanol–water partition coefficient (Wildman–Crippen LogP) is 3.93. The molecule has 0 spiro atoms. The lowest BCUT2D eigenvalue weighted by Gasteiger charge is -2.32. The highest BCUT2D eigenvalue weighted by Crippen LogP contribution is 2.31. The van der Waals surface area contributed by atoms with Crippen LogP contribution in [-0.2, 0) is 11.2 Å². The van der Waals surface area contributed by atoms with E-state index < -0.39 is 0 Å². The van der Waals surface area contributed by atoms with Gasteiger partial charge in [0, 0.05) is 25.7 Å². The van der Waals surface area contributed by atoms with Crippen molar-refractivity contribution in [3.05, 3.63) is 65.7 Å². The van der Waals surface area contributed by atoms with Gasteiger partial charge in [-0.2, -0.15) is 0 Å². The van der Waals surface area contributed by atoms with Gasteiger partial charge in [0.2, 0.25) is 0 Å². The van der Waals surface area contributed by atoms with Crippen LogP contribution in [0.25, 0.3) is 0 Å². The molecule has 4 rings (SSSR count). The van der Waals surface area contributed by atoms with Gasteiger partial charge in [0.05, 0.1) is 12.2 Å². The van der Waals surface area contributed by atoms with E-state index in [-0.39, 0.29) is 11.9 Å². The molecule has 0 bridgehead atoms. The van der Waals surface area contributed by atoms with E-state index in [0.29, 0.717) is 31.1 Å². The van der Waals surface area contributed by atoms with Gasteiger partial charge in [-0.3, -0.25) is 9.69 Å². The Morgan fingerprint density at radius 1 is 0.968 bits per heavy atom. The summed E-state index contributed by atoms with van der Waals surface area (Å²) in [5, 5.41) is 2.95. The first-order chi connectivity index (χ1) is 15.3. The Morgan fingerprint density at radius 3 is 2.61 bits per heavy atom. The van der Waals surface area contributed by atoms with Crippen LogP contribution in [0.5, 0.6) is 5.75 Å². The lowest BCUT2D eigenvalue weighted by atomic mass is 10.0. The van der Waals surface area contributed by atoms with Gasteiger partial charge < -0.3 is 14.8 Å². The number of amides is 1. The van der Waals surface area contributed by atoms with Crippen LogP contribution in [0.1, 0.15) is 41.6 Å². The summed E-state index contributed by atoms with van der Waals surface area (Å²) in [6.45, 7) is 4.55. The Morgan fingerprint density at radius 2 is 1.77 bits per heavy atom. The molecule has 1 aliphatic carbocycles. The summed E-state index contributed by atoms with van der Waals surface area (Å²) in [4.78, 5) is 15.3. The quantitative estimate of drug-likeness (QED) is 0.811. The summed E-state index contributed by atoms with van der Waals surface area (Å²) in [7, 11) is 0. The molecule has 5 heteroatoms. The summed E-state index contributed by atoms with van der Waals surface area (Å²) >= 11 is 0. The Bertz CT molecular complexity index is 822. The van der Waals surface area contributed by atoms with Gasteiger partial charge >= 0.3 is 0 Å². The first-order valence-electron chi connectivity index (χ1n) is 11.7. The van der Waals surface area contributed by atoms with Crippen molar-refractivity contribution >= 4 is 5.91 Å². The third kappa shape index (κ3) is 6.81. The van der Waals surface area contributed by atoms with Gasteiger partial charge in [-0.15, -0.1) is 0 Å². The number of carbonyl (C=O) groups is 1. The molecule has 2 aromatic carbocycles. The number of benzene rings is 2. The minimum absolute atomic E-state index is 0.108. The number of nitrogens with one attached hydrogen (secondary N) is 1. The van der Waals surface area contributed by atoms with Crippen LogP contribution >= 0.6 is 0 Å². The molecule has 166 valence electrons. The monoisotopic (exact) mass is 422 g/mol. The molecule has 31 heavy (non-hydrogen) atoms. The third-order valence-corrected chi connectivity index (χ3v) is 6.10. The Kier molecular flexibility index (Phi) is 7.97. The largest absolute Gasteiger partial charge is 0.491 e. The first-order valence-corrected chi connectivity index (χ1v) is 11.7. The van der Waals surface area contributed by atoms with E-state index in [0.717, 1.165) is 44.9 Å². The van der Waals surface area contributed by atoms with Crippen LogP contribution in [0, 0.1) is 5.92 Å². The van der Waals surface area contributed by atoms with Crippen molar-refractivity contribution in [3.63, 3.8) is 0 Å². The highest BCUT2D eigenvalue weighted by Gasteiger charge is 2.29. The maximum atomic E-state index is 12.7. The molecule has 0 radical (unpaired) electrons. The van der Waals surface area contributed by atoms with Gasteiger partial charge in [-0.1, -0.05) is 42.5 Å². The lowest BCUT2D eigenvalue weighted by Crippen LogP contribution is -2.43. The second kappa shape index (κ2) is 11.3. The molecule has 0 saturated heterocycles. The van der Waals surface area contributed by atoms with Gasteiger partial charge in [-0.05, 0) is 62.3 Å². The zero-order chi connectivity index (χ0) is 21.3. The average Bonchev–Trinajstić information content (AvgIpc) is 3.62. The number of carbonyl (C=O) groups excluding carboxylic acids is 1. The van der Waals surface area contributed by atoms with Crippen molar-refractivity contribution in [1.82, 2.24) is 10.2 Å². The van der Waals surface area contributed by atoms with E-state index in [1.807, 2.05) is 24.3 Å². The molecule has 2 aromatic rings. The van der Waals surface area contributed by atoms with Gasteiger partial charge in [-0.25, -0.2) is 0 Å². The van der Waals surface area contributed by atoms with Crippen molar-refractivity contribution in [2.75, 3.05) is 39.5 Å². The molecule has 1 fully saturated rings. The number of hydrogen-bond acceptors (Lipinski definition) is 4. The molecular weight excluding hydrogens is 388 g/mol. The highest BCUT2D eigenvalue weighted by atomic mass is 16.5. The Labute approximate surface area is 185 Å². The third-order valence-electron chi connectivity index (χ3n) is 6.10. The summed E-state index contributed by atoms with van der Waals surface area (Å²) in [6.07, 6.45) is 5.76. The standard InChI is InChI=1S/C26H34N2O3/c29-26-24-10-4-5-11-25(24)31-20-23(18-21-8-2-1-3-9-21)28(19-22-12-13-22)15-6-7-16-30-17-14-27-26/h1-5,8-11,22-23H,6-7,12-20H2,(H,27,29)/t23-/m0/s1. The fourth-order valence-corrected chi connectivity index (χ4v) is 4.15. The maximum absolute atomic E-state index is 12.7. The lowest BCUT2D eigenvalue weighted by molar-refractivity contribution is 0.0908. The van der Waals surface area contributed by atoms with Crippen LogP contribution in [0.15, 0.2) is 54.6 Å². The summed E-state index contributed by atoms with van der Waals surface area (Å²) < 4.78 is 12.1. The maximum Gasteiger partial charge on any atom is 0.255 e. The average molecular weight is 423 g/mol. The van der Waals surface area contributed by atoms with Crippen LogP contribution in [-0.4, -0.2) is 56.3 Å². The van der Waals surface area contributed by atoms with Crippen LogP contribution in [0.4, 0.5) is 0 Å².